The summed E-state index contributed by atoms with van der Waals surface area (Å²) in [6.45, 7) is 6.99. The fraction of sp³-hybridized carbons (Fsp3) is 0.650. The molecule has 0 radical (unpaired) electrons. The highest BCUT2D eigenvalue weighted by Crippen LogP contribution is 2.39. The minimum absolute atomic E-state index is 0. The van der Waals surface area contributed by atoms with E-state index < -0.39 is 0 Å². The predicted molar refractivity (Wildman–Crippen MR) is 102 cm³/mol. The summed E-state index contributed by atoms with van der Waals surface area (Å²) in [5, 5.41) is 6.56. The van der Waals surface area contributed by atoms with Crippen LogP contribution >= 0.6 is 12.4 Å². The Morgan fingerprint density at radius 2 is 2.00 bits per heavy atom. The Hall–Kier alpha value is -1.06. The summed E-state index contributed by atoms with van der Waals surface area (Å²) in [6, 6.07) is 8.89. The van der Waals surface area contributed by atoms with Gasteiger partial charge < -0.3 is 10.6 Å². The predicted octanol–water partition coefficient (Wildman–Crippen LogP) is 3.59. The van der Waals surface area contributed by atoms with Gasteiger partial charge in [0.1, 0.15) is 0 Å². The first-order chi connectivity index (χ1) is 11.1. The normalized spacial score (nSPS) is 21.2. The number of benzene rings is 1. The molecule has 1 unspecified atom stereocenters. The van der Waals surface area contributed by atoms with Crippen LogP contribution in [0, 0.1) is 18.8 Å². The fourth-order valence-electron chi connectivity index (χ4n) is 4.07. The number of nitrogens with one attached hydrogen (secondary N) is 2. The van der Waals surface area contributed by atoms with Crippen molar-refractivity contribution in [2.45, 2.75) is 51.4 Å². The Labute approximate surface area is 152 Å². The topological polar surface area (TPSA) is 41.1 Å². The smallest absolute Gasteiger partial charge is 0.223 e. The highest BCUT2D eigenvalue weighted by atomic mass is 35.5. The average Bonchev–Trinajstić information content (AvgIpc) is 2.52. The van der Waals surface area contributed by atoms with Gasteiger partial charge in [0.25, 0.3) is 0 Å². The van der Waals surface area contributed by atoms with Crippen molar-refractivity contribution < 1.29 is 4.79 Å². The van der Waals surface area contributed by atoms with Crippen LogP contribution in [0.1, 0.15) is 50.2 Å². The lowest BCUT2D eigenvalue weighted by Crippen LogP contribution is -2.51. The maximum absolute atomic E-state index is 12.5. The second-order valence-corrected chi connectivity index (χ2v) is 7.64. The molecule has 1 aromatic carbocycles. The number of carbonyl (C=O) groups excluding carboxylic acids is 1. The zero-order chi connectivity index (χ0) is 16.3. The molecule has 1 atom stereocenters. The van der Waals surface area contributed by atoms with Crippen LogP contribution in [0.2, 0.25) is 0 Å². The van der Waals surface area contributed by atoms with Crippen LogP contribution in [0.3, 0.4) is 0 Å². The van der Waals surface area contributed by atoms with E-state index in [9.17, 15) is 4.79 Å². The zero-order valence-corrected chi connectivity index (χ0v) is 15.8. The van der Waals surface area contributed by atoms with Gasteiger partial charge >= 0.3 is 0 Å². The maximum Gasteiger partial charge on any atom is 0.223 e. The summed E-state index contributed by atoms with van der Waals surface area (Å²) in [6.07, 6.45) is 6.25. The van der Waals surface area contributed by atoms with Crippen molar-refractivity contribution in [1.29, 1.82) is 0 Å². The fourth-order valence-corrected chi connectivity index (χ4v) is 4.07. The van der Waals surface area contributed by atoms with Crippen molar-refractivity contribution in [3.8, 4) is 0 Å². The molecule has 1 aliphatic heterocycles. The largest absolute Gasteiger partial charge is 0.355 e. The van der Waals surface area contributed by atoms with Crippen molar-refractivity contribution >= 4 is 18.3 Å². The molecule has 0 spiro atoms. The van der Waals surface area contributed by atoms with Gasteiger partial charge in [-0.3, -0.25) is 4.79 Å². The van der Waals surface area contributed by atoms with E-state index in [1.54, 1.807) is 0 Å². The van der Waals surface area contributed by atoms with E-state index in [-0.39, 0.29) is 29.6 Å². The van der Waals surface area contributed by atoms with Crippen molar-refractivity contribution in [1.82, 2.24) is 10.6 Å². The first-order valence-electron chi connectivity index (χ1n) is 9.16. The number of rotatable bonds is 5. The molecule has 1 aromatic rings. The van der Waals surface area contributed by atoms with Crippen molar-refractivity contribution in [3.63, 3.8) is 0 Å². The number of halogens is 1. The summed E-state index contributed by atoms with van der Waals surface area (Å²) in [7, 11) is 0. The van der Waals surface area contributed by atoms with Crippen molar-refractivity contribution in [2.24, 2.45) is 11.8 Å². The second-order valence-electron chi connectivity index (χ2n) is 7.64. The lowest BCUT2D eigenvalue weighted by Gasteiger charge is -2.39. The lowest BCUT2D eigenvalue weighted by molar-refractivity contribution is -0.127. The highest BCUT2D eigenvalue weighted by molar-refractivity contribution is 5.85. The van der Waals surface area contributed by atoms with Crippen LogP contribution in [0.15, 0.2) is 24.3 Å². The number of hydrogen-bond acceptors (Lipinski definition) is 2. The Morgan fingerprint density at radius 1 is 1.29 bits per heavy atom. The number of aryl methyl sites for hydroxylation is 1. The molecule has 3 rings (SSSR count). The minimum Gasteiger partial charge on any atom is -0.355 e. The van der Waals surface area contributed by atoms with Crippen LogP contribution in [-0.4, -0.2) is 25.5 Å². The average molecular weight is 351 g/mol. The van der Waals surface area contributed by atoms with Crippen molar-refractivity contribution in [3.05, 3.63) is 35.4 Å². The summed E-state index contributed by atoms with van der Waals surface area (Å²) in [5.74, 6) is 0.861. The molecule has 1 aliphatic carbocycles. The Kier molecular flexibility index (Phi) is 6.70. The molecule has 134 valence electrons. The molecular formula is C20H31ClN2O. The van der Waals surface area contributed by atoms with Crippen LogP contribution < -0.4 is 10.6 Å². The number of hydrogen-bond donors (Lipinski definition) is 2. The molecule has 3 nitrogen and oxygen atoms in total. The van der Waals surface area contributed by atoms with Gasteiger partial charge in [-0.15, -0.1) is 12.4 Å². The van der Waals surface area contributed by atoms with Crippen LogP contribution in [0.4, 0.5) is 0 Å². The summed E-state index contributed by atoms with van der Waals surface area (Å²) < 4.78 is 0. The van der Waals surface area contributed by atoms with Crippen LogP contribution in [0.5, 0.6) is 0 Å². The molecule has 0 bridgehead atoms. The summed E-state index contributed by atoms with van der Waals surface area (Å²) in [4.78, 5) is 12.5. The Balaban J connectivity index is 0.00000208. The third kappa shape index (κ3) is 4.12. The van der Waals surface area contributed by atoms with E-state index in [1.807, 2.05) is 0 Å². The highest BCUT2D eigenvalue weighted by Gasteiger charge is 2.35. The molecule has 1 amide bonds. The van der Waals surface area contributed by atoms with Gasteiger partial charge in [0.2, 0.25) is 5.91 Å². The number of carbonyl (C=O) groups is 1. The summed E-state index contributed by atoms with van der Waals surface area (Å²) in [5.41, 5.74) is 2.86. The molecule has 1 heterocycles. The van der Waals surface area contributed by atoms with Gasteiger partial charge in [0.15, 0.2) is 0 Å². The van der Waals surface area contributed by atoms with Gasteiger partial charge in [-0.1, -0.05) is 56.0 Å². The molecule has 0 aromatic heterocycles. The Morgan fingerprint density at radius 3 is 2.58 bits per heavy atom. The molecule has 4 heteroatoms. The molecule has 2 N–H and O–H groups in total. The summed E-state index contributed by atoms with van der Waals surface area (Å²) >= 11 is 0. The van der Waals surface area contributed by atoms with E-state index in [4.69, 9.17) is 0 Å². The standard InChI is InChI=1S/C20H30N2O.ClH/c1-15-7-6-8-18(11-15)20(9-4-3-5-10-20)14-22-19(23)16(2)17-12-21-13-17;/h6-8,11,16-17,21H,3-5,9-10,12-14H2,1-2H3,(H,22,23);1H. The minimum atomic E-state index is 0. The van der Waals surface area contributed by atoms with Gasteiger partial charge in [0.05, 0.1) is 0 Å². The van der Waals surface area contributed by atoms with E-state index in [0.717, 1.165) is 19.6 Å². The van der Waals surface area contributed by atoms with Gasteiger partial charge in [-0.05, 0) is 44.3 Å². The lowest BCUT2D eigenvalue weighted by atomic mass is 9.69. The molecule has 1 saturated heterocycles. The van der Waals surface area contributed by atoms with E-state index in [1.165, 1.54) is 43.2 Å². The van der Waals surface area contributed by atoms with Crippen LogP contribution in [0.25, 0.3) is 0 Å². The van der Waals surface area contributed by atoms with E-state index in [2.05, 4.69) is 48.7 Å². The van der Waals surface area contributed by atoms with Gasteiger partial charge in [-0.25, -0.2) is 0 Å². The molecule has 2 fully saturated rings. The van der Waals surface area contributed by atoms with Crippen LogP contribution in [-0.2, 0) is 10.2 Å². The SMILES string of the molecule is Cc1cccc(C2(CNC(=O)C(C)C3CNC3)CCCCC2)c1.Cl. The zero-order valence-electron chi connectivity index (χ0n) is 14.9. The molecular weight excluding hydrogens is 320 g/mol. The third-order valence-electron chi connectivity index (χ3n) is 5.98. The van der Waals surface area contributed by atoms with E-state index >= 15 is 0 Å². The molecule has 1 saturated carbocycles. The molecule has 24 heavy (non-hydrogen) atoms. The second kappa shape index (κ2) is 8.35. The molecule has 2 aliphatic rings. The van der Waals surface area contributed by atoms with Gasteiger partial charge in [-0.2, -0.15) is 0 Å². The first-order valence-corrected chi connectivity index (χ1v) is 9.16. The number of amides is 1. The first kappa shape index (κ1) is 19.3. The van der Waals surface area contributed by atoms with Gasteiger partial charge in [0, 0.05) is 17.9 Å². The Bertz CT molecular complexity index is 550. The third-order valence-corrected chi connectivity index (χ3v) is 5.98. The van der Waals surface area contributed by atoms with Crippen molar-refractivity contribution in [2.75, 3.05) is 19.6 Å². The quantitative estimate of drug-likeness (QED) is 0.852. The van der Waals surface area contributed by atoms with E-state index in [0.29, 0.717) is 5.92 Å². The monoisotopic (exact) mass is 350 g/mol. The maximum atomic E-state index is 12.5.